The van der Waals surface area contributed by atoms with Crippen LogP contribution >= 0.6 is 11.6 Å². The van der Waals surface area contributed by atoms with E-state index in [9.17, 15) is 18.0 Å². The standard InChI is InChI=1S/C9H10ClF3N2O2/c1-4-7(8(10)15(2)14-4)5(3-6(16)17)9(11,12)13/h5H,3H2,1-2H3,(H,16,17). The first kappa shape index (κ1) is 13.8. The Labute approximate surface area is 100.0 Å². The van der Waals surface area contributed by atoms with Crippen LogP contribution < -0.4 is 0 Å². The average molecular weight is 271 g/mol. The molecule has 8 heteroatoms. The zero-order chi connectivity index (χ0) is 13.4. The Morgan fingerprint density at radius 1 is 1.59 bits per heavy atom. The normalized spacial score (nSPS) is 13.8. The number of nitrogens with zero attached hydrogens (tertiary/aromatic N) is 2. The SMILES string of the molecule is Cc1nn(C)c(Cl)c1C(CC(=O)O)C(F)(F)F. The van der Waals surface area contributed by atoms with E-state index in [0.717, 1.165) is 4.68 Å². The molecule has 1 atom stereocenters. The molecule has 1 aromatic heterocycles. The van der Waals surface area contributed by atoms with Gasteiger partial charge in [-0.15, -0.1) is 0 Å². The van der Waals surface area contributed by atoms with Gasteiger partial charge in [0.1, 0.15) is 5.15 Å². The predicted octanol–water partition coefficient (Wildman–Crippen LogP) is 2.50. The lowest BCUT2D eigenvalue weighted by Gasteiger charge is -2.18. The van der Waals surface area contributed by atoms with Gasteiger partial charge in [0.25, 0.3) is 0 Å². The van der Waals surface area contributed by atoms with E-state index in [4.69, 9.17) is 16.7 Å². The van der Waals surface area contributed by atoms with Gasteiger partial charge >= 0.3 is 12.1 Å². The number of hydrogen-bond donors (Lipinski definition) is 1. The molecule has 0 aliphatic rings. The summed E-state index contributed by atoms with van der Waals surface area (Å²) in [6.07, 6.45) is -5.73. The second kappa shape index (κ2) is 4.56. The van der Waals surface area contributed by atoms with E-state index in [1.807, 2.05) is 0 Å². The average Bonchev–Trinajstić information content (AvgIpc) is 2.36. The highest BCUT2D eigenvalue weighted by Gasteiger charge is 2.45. The molecule has 1 unspecified atom stereocenters. The van der Waals surface area contributed by atoms with E-state index < -0.39 is 24.5 Å². The number of rotatable bonds is 3. The highest BCUT2D eigenvalue weighted by molar-refractivity contribution is 6.30. The highest BCUT2D eigenvalue weighted by Crippen LogP contribution is 2.41. The summed E-state index contributed by atoms with van der Waals surface area (Å²) in [7, 11) is 1.40. The van der Waals surface area contributed by atoms with Crippen LogP contribution in [0.1, 0.15) is 23.6 Å². The fourth-order valence-electron chi connectivity index (χ4n) is 1.60. The summed E-state index contributed by atoms with van der Waals surface area (Å²) in [5.41, 5.74) is -0.190. The maximum absolute atomic E-state index is 12.8. The molecule has 0 aromatic carbocycles. The minimum atomic E-state index is -4.67. The number of aliphatic carboxylic acids is 1. The zero-order valence-electron chi connectivity index (χ0n) is 9.05. The first-order chi connectivity index (χ1) is 7.64. The van der Waals surface area contributed by atoms with Crippen molar-refractivity contribution in [2.24, 2.45) is 7.05 Å². The van der Waals surface area contributed by atoms with Gasteiger partial charge in [-0.05, 0) is 6.92 Å². The smallest absolute Gasteiger partial charge is 0.396 e. The van der Waals surface area contributed by atoms with Crippen molar-refractivity contribution in [3.8, 4) is 0 Å². The number of hydrogen-bond acceptors (Lipinski definition) is 2. The summed E-state index contributed by atoms with van der Waals surface area (Å²) in [6, 6.07) is 0. The minimum Gasteiger partial charge on any atom is -0.481 e. The molecule has 0 bridgehead atoms. The molecule has 17 heavy (non-hydrogen) atoms. The second-order valence-corrected chi connectivity index (χ2v) is 3.96. The van der Waals surface area contributed by atoms with Crippen LogP contribution in [0.5, 0.6) is 0 Å². The monoisotopic (exact) mass is 270 g/mol. The van der Waals surface area contributed by atoms with E-state index in [1.54, 1.807) is 0 Å². The fourth-order valence-corrected chi connectivity index (χ4v) is 1.90. The third kappa shape index (κ3) is 2.91. The fraction of sp³-hybridized carbons (Fsp3) is 0.556. The Hall–Kier alpha value is -1.24. The molecule has 4 nitrogen and oxygen atoms in total. The highest BCUT2D eigenvalue weighted by atomic mass is 35.5. The first-order valence-electron chi connectivity index (χ1n) is 4.62. The molecule has 1 heterocycles. The number of aryl methyl sites for hydroxylation is 2. The Kier molecular flexibility index (Phi) is 3.71. The van der Waals surface area contributed by atoms with Crippen molar-refractivity contribution in [1.29, 1.82) is 0 Å². The Morgan fingerprint density at radius 2 is 2.12 bits per heavy atom. The molecule has 1 aromatic rings. The van der Waals surface area contributed by atoms with Crippen LogP contribution in [0.15, 0.2) is 0 Å². The summed E-state index contributed by atoms with van der Waals surface area (Å²) in [5.74, 6) is -3.67. The van der Waals surface area contributed by atoms with Gasteiger partial charge in [0.15, 0.2) is 0 Å². The van der Waals surface area contributed by atoms with E-state index in [1.165, 1.54) is 14.0 Å². The molecule has 0 fully saturated rings. The zero-order valence-corrected chi connectivity index (χ0v) is 9.80. The van der Waals surface area contributed by atoms with Gasteiger partial charge in [0.2, 0.25) is 0 Å². The number of aromatic nitrogens is 2. The van der Waals surface area contributed by atoms with Crippen molar-refractivity contribution in [2.45, 2.75) is 25.4 Å². The van der Waals surface area contributed by atoms with Gasteiger partial charge < -0.3 is 5.11 Å². The van der Waals surface area contributed by atoms with Gasteiger partial charge in [-0.2, -0.15) is 18.3 Å². The first-order valence-corrected chi connectivity index (χ1v) is 5.00. The molecule has 0 spiro atoms. The van der Waals surface area contributed by atoms with Crippen LogP contribution in [0.25, 0.3) is 0 Å². The molecular formula is C9H10ClF3N2O2. The molecule has 0 amide bonds. The lowest BCUT2D eigenvalue weighted by molar-refractivity contribution is -0.163. The summed E-state index contributed by atoms with van der Waals surface area (Å²) in [6.45, 7) is 1.36. The van der Waals surface area contributed by atoms with Gasteiger partial charge in [0, 0.05) is 12.6 Å². The third-order valence-corrected chi connectivity index (χ3v) is 2.77. The van der Waals surface area contributed by atoms with Crippen LogP contribution in [-0.2, 0) is 11.8 Å². The molecule has 0 saturated heterocycles. The lowest BCUT2D eigenvalue weighted by Crippen LogP contribution is -2.24. The largest absolute Gasteiger partial charge is 0.481 e. The van der Waals surface area contributed by atoms with Crippen molar-refractivity contribution in [2.75, 3.05) is 0 Å². The van der Waals surface area contributed by atoms with Crippen LogP contribution in [0, 0.1) is 6.92 Å². The van der Waals surface area contributed by atoms with E-state index in [2.05, 4.69) is 5.10 Å². The number of carboxylic acid groups (broad SMARTS) is 1. The number of carbonyl (C=O) groups is 1. The molecule has 0 saturated carbocycles. The van der Waals surface area contributed by atoms with Crippen molar-refractivity contribution in [3.63, 3.8) is 0 Å². The van der Waals surface area contributed by atoms with Gasteiger partial charge in [-0.25, -0.2) is 0 Å². The van der Waals surface area contributed by atoms with Crippen LogP contribution in [-0.4, -0.2) is 27.0 Å². The lowest BCUT2D eigenvalue weighted by atomic mass is 9.96. The van der Waals surface area contributed by atoms with Gasteiger partial charge in [0.05, 0.1) is 18.0 Å². The minimum absolute atomic E-state index is 0.0843. The maximum atomic E-state index is 12.8. The second-order valence-electron chi connectivity index (χ2n) is 3.61. The summed E-state index contributed by atoms with van der Waals surface area (Å²) in [5, 5.41) is 12.1. The Bertz CT molecular complexity index is 442. The van der Waals surface area contributed by atoms with E-state index in [0.29, 0.717) is 0 Å². The summed E-state index contributed by atoms with van der Waals surface area (Å²) >= 11 is 5.71. The summed E-state index contributed by atoms with van der Waals surface area (Å²) in [4.78, 5) is 10.5. The van der Waals surface area contributed by atoms with Gasteiger partial charge in [-0.1, -0.05) is 11.6 Å². The van der Waals surface area contributed by atoms with Gasteiger partial charge in [-0.3, -0.25) is 9.48 Å². The predicted molar refractivity (Wildman–Crippen MR) is 54.0 cm³/mol. The molecule has 0 aliphatic carbocycles. The van der Waals surface area contributed by atoms with E-state index >= 15 is 0 Å². The molecular weight excluding hydrogens is 261 g/mol. The van der Waals surface area contributed by atoms with E-state index in [-0.39, 0.29) is 16.4 Å². The Morgan fingerprint density at radius 3 is 2.41 bits per heavy atom. The van der Waals surface area contributed by atoms with Crippen molar-refractivity contribution in [3.05, 3.63) is 16.4 Å². The van der Waals surface area contributed by atoms with Crippen molar-refractivity contribution in [1.82, 2.24) is 9.78 Å². The topological polar surface area (TPSA) is 55.1 Å². The van der Waals surface area contributed by atoms with Crippen LogP contribution in [0.4, 0.5) is 13.2 Å². The molecule has 96 valence electrons. The van der Waals surface area contributed by atoms with Crippen LogP contribution in [0.2, 0.25) is 5.15 Å². The number of alkyl halides is 3. The number of halogens is 4. The van der Waals surface area contributed by atoms with Crippen molar-refractivity contribution >= 4 is 17.6 Å². The quantitative estimate of drug-likeness (QED) is 0.918. The molecule has 0 aliphatic heterocycles. The Balaban J connectivity index is 3.27. The molecule has 1 N–H and O–H groups in total. The van der Waals surface area contributed by atoms with Crippen molar-refractivity contribution < 1.29 is 23.1 Å². The summed E-state index contributed by atoms with van der Waals surface area (Å²) < 4.78 is 39.4. The molecule has 1 rings (SSSR count). The van der Waals surface area contributed by atoms with Crippen LogP contribution in [0.3, 0.4) is 0 Å². The third-order valence-electron chi connectivity index (χ3n) is 2.32. The maximum Gasteiger partial charge on any atom is 0.396 e. The number of carboxylic acids is 1. The molecule has 0 radical (unpaired) electrons.